The van der Waals surface area contributed by atoms with Crippen molar-refractivity contribution in [2.45, 2.75) is 0 Å². The fourth-order valence-electron chi connectivity index (χ4n) is 2.69. The van der Waals surface area contributed by atoms with Gasteiger partial charge in [-0.05, 0) is 18.2 Å². The molecule has 2 aromatic heterocycles. The Morgan fingerprint density at radius 2 is 2.04 bits per heavy atom. The zero-order valence-electron chi connectivity index (χ0n) is 13.8. The van der Waals surface area contributed by atoms with Crippen LogP contribution in [0.25, 0.3) is 11.0 Å². The van der Waals surface area contributed by atoms with Gasteiger partial charge in [-0.1, -0.05) is 0 Å². The van der Waals surface area contributed by atoms with E-state index in [1.807, 2.05) is 11.0 Å². The highest BCUT2D eigenvalue weighted by atomic mass is 16.5. The molecule has 0 aliphatic carbocycles. The van der Waals surface area contributed by atoms with Crippen molar-refractivity contribution in [3.63, 3.8) is 0 Å². The van der Waals surface area contributed by atoms with Crippen LogP contribution in [0.2, 0.25) is 0 Å². The number of phenolic OH excluding ortho intramolecular Hbond substituents is 1. The molecule has 0 atom stereocenters. The summed E-state index contributed by atoms with van der Waals surface area (Å²) in [5.74, 6) is 1.03. The molecule has 1 aromatic carbocycles. The zero-order chi connectivity index (χ0) is 17.9. The molecule has 1 saturated heterocycles. The van der Waals surface area contributed by atoms with Gasteiger partial charge in [0.05, 0.1) is 25.0 Å². The number of nitriles is 1. The van der Waals surface area contributed by atoms with Crippen molar-refractivity contribution < 1.29 is 9.84 Å². The van der Waals surface area contributed by atoms with E-state index in [0.717, 1.165) is 13.1 Å². The van der Waals surface area contributed by atoms with Crippen LogP contribution in [0.3, 0.4) is 0 Å². The van der Waals surface area contributed by atoms with Gasteiger partial charge in [0.2, 0.25) is 5.95 Å². The molecule has 26 heavy (non-hydrogen) atoms. The zero-order valence-corrected chi connectivity index (χ0v) is 13.8. The molecule has 4 rings (SSSR count). The van der Waals surface area contributed by atoms with Crippen LogP contribution in [0, 0.1) is 11.3 Å². The number of aromatic hydroxyl groups is 1. The molecule has 0 saturated carbocycles. The number of hydrogen-bond acceptors (Lipinski definition) is 9. The van der Waals surface area contributed by atoms with E-state index in [4.69, 9.17) is 10.00 Å². The molecule has 1 aliphatic rings. The molecule has 0 bridgehead atoms. The lowest BCUT2D eigenvalue weighted by molar-refractivity contribution is 0.122. The van der Waals surface area contributed by atoms with E-state index in [0.29, 0.717) is 41.7 Å². The first-order chi connectivity index (χ1) is 12.7. The average molecular weight is 349 g/mol. The maximum absolute atomic E-state index is 9.64. The Hall–Kier alpha value is -3.51. The highest BCUT2D eigenvalue weighted by Crippen LogP contribution is 2.26. The van der Waals surface area contributed by atoms with Crippen LogP contribution in [-0.4, -0.2) is 51.3 Å². The predicted molar refractivity (Wildman–Crippen MR) is 94.3 cm³/mol. The first kappa shape index (κ1) is 16.0. The number of ether oxygens (including phenoxy) is 1. The number of aromatic nitrogens is 4. The maximum Gasteiger partial charge on any atom is 0.226 e. The highest BCUT2D eigenvalue weighted by molar-refractivity contribution is 5.87. The van der Waals surface area contributed by atoms with Crippen LogP contribution in [-0.2, 0) is 4.74 Å². The molecule has 0 spiro atoms. The van der Waals surface area contributed by atoms with Crippen molar-refractivity contribution in [2.24, 2.45) is 0 Å². The molecule has 2 N–H and O–H groups in total. The predicted octanol–water partition coefficient (Wildman–Crippen LogP) is 1.58. The van der Waals surface area contributed by atoms with Gasteiger partial charge in [0.1, 0.15) is 29.2 Å². The van der Waals surface area contributed by atoms with Gasteiger partial charge < -0.3 is 20.1 Å². The van der Waals surface area contributed by atoms with Crippen LogP contribution in [0.5, 0.6) is 5.75 Å². The summed E-state index contributed by atoms with van der Waals surface area (Å²) in [5.41, 5.74) is 1.98. The van der Waals surface area contributed by atoms with Crippen molar-refractivity contribution in [3.8, 4) is 11.8 Å². The second kappa shape index (κ2) is 6.78. The van der Waals surface area contributed by atoms with E-state index >= 15 is 0 Å². The quantitative estimate of drug-likeness (QED) is 0.679. The third-order valence-electron chi connectivity index (χ3n) is 4.04. The second-order valence-electron chi connectivity index (χ2n) is 5.69. The number of benzene rings is 1. The molecular weight excluding hydrogens is 334 g/mol. The van der Waals surface area contributed by atoms with Crippen molar-refractivity contribution in [1.82, 2.24) is 19.9 Å². The lowest BCUT2D eigenvalue weighted by Crippen LogP contribution is -2.37. The Bertz CT molecular complexity index is 996. The average Bonchev–Trinajstić information content (AvgIpc) is 2.70. The van der Waals surface area contributed by atoms with E-state index in [9.17, 15) is 5.11 Å². The first-order valence-corrected chi connectivity index (χ1v) is 8.05. The third kappa shape index (κ3) is 3.05. The van der Waals surface area contributed by atoms with Gasteiger partial charge in [0, 0.05) is 18.8 Å². The molecule has 3 heterocycles. The summed E-state index contributed by atoms with van der Waals surface area (Å²) >= 11 is 0. The number of fused-ring (bicyclic) bond motifs is 1. The number of hydrogen-bond donors (Lipinski definition) is 2. The second-order valence-corrected chi connectivity index (χ2v) is 5.69. The molecule has 3 aromatic rings. The van der Waals surface area contributed by atoms with E-state index in [1.165, 1.54) is 12.4 Å². The summed E-state index contributed by atoms with van der Waals surface area (Å²) in [6.07, 6.45) is 3.09. The Labute approximate surface area is 148 Å². The number of rotatable bonds is 3. The van der Waals surface area contributed by atoms with Crippen LogP contribution in [0.1, 0.15) is 5.56 Å². The summed E-state index contributed by atoms with van der Waals surface area (Å²) in [7, 11) is 0. The van der Waals surface area contributed by atoms with E-state index in [2.05, 4.69) is 25.3 Å². The van der Waals surface area contributed by atoms with Crippen LogP contribution in [0.15, 0.2) is 30.7 Å². The van der Waals surface area contributed by atoms with Crippen molar-refractivity contribution >= 4 is 28.5 Å². The molecule has 1 fully saturated rings. The molecule has 9 nitrogen and oxygen atoms in total. The van der Waals surface area contributed by atoms with Gasteiger partial charge >= 0.3 is 0 Å². The molecular formula is C17H15N7O2. The molecule has 130 valence electrons. The van der Waals surface area contributed by atoms with E-state index in [-0.39, 0.29) is 11.3 Å². The van der Waals surface area contributed by atoms with Gasteiger partial charge in [0.25, 0.3) is 0 Å². The van der Waals surface area contributed by atoms with E-state index in [1.54, 1.807) is 18.3 Å². The Balaban J connectivity index is 1.71. The maximum atomic E-state index is 9.64. The molecule has 0 amide bonds. The lowest BCUT2D eigenvalue weighted by Gasteiger charge is -2.26. The third-order valence-corrected chi connectivity index (χ3v) is 4.04. The molecule has 1 aliphatic heterocycles. The largest absolute Gasteiger partial charge is 0.507 e. The number of nitrogens with zero attached hydrogens (tertiary/aromatic N) is 6. The van der Waals surface area contributed by atoms with Gasteiger partial charge in [-0.25, -0.2) is 19.9 Å². The fraction of sp³-hybridized carbons (Fsp3) is 0.235. The van der Waals surface area contributed by atoms with Crippen molar-refractivity contribution in [1.29, 1.82) is 5.26 Å². The number of phenols is 1. The van der Waals surface area contributed by atoms with Crippen LogP contribution < -0.4 is 10.2 Å². The Morgan fingerprint density at radius 3 is 2.85 bits per heavy atom. The monoisotopic (exact) mass is 349 g/mol. The van der Waals surface area contributed by atoms with Crippen LogP contribution >= 0.6 is 0 Å². The lowest BCUT2D eigenvalue weighted by atomic mass is 10.2. The van der Waals surface area contributed by atoms with Gasteiger partial charge in [0.15, 0.2) is 5.82 Å². The van der Waals surface area contributed by atoms with Gasteiger partial charge in [-0.2, -0.15) is 5.26 Å². The number of morpholine rings is 1. The minimum absolute atomic E-state index is 0.0671. The minimum atomic E-state index is -0.0671. The summed E-state index contributed by atoms with van der Waals surface area (Å²) in [4.78, 5) is 19.5. The SMILES string of the molecule is N#Cc1cc(Nc2ncnc3cnc(N4CCOCC4)nc23)ccc1O. The highest BCUT2D eigenvalue weighted by Gasteiger charge is 2.16. The molecule has 0 radical (unpaired) electrons. The molecule has 9 heteroatoms. The summed E-state index contributed by atoms with van der Waals surface area (Å²) in [6.45, 7) is 2.74. The standard InChI is InChI=1S/C17H15N7O2/c18-8-11-7-12(1-2-14(11)25)22-16-15-13(20-10-21-16)9-19-17(23-15)24-3-5-26-6-4-24/h1-2,7,9-10,25H,3-6H2,(H,20,21,22). The first-order valence-electron chi connectivity index (χ1n) is 8.05. The topological polar surface area (TPSA) is 120 Å². The summed E-state index contributed by atoms with van der Waals surface area (Å²) in [5, 5.41) is 21.8. The van der Waals surface area contributed by atoms with Gasteiger partial charge in [-0.15, -0.1) is 0 Å². The number of anilines is 3. The minimum Gasteiger partial charge on any atom is -0.507 e. The number of nitrogens with one attached hydrogen (secondary N) is 1. The Kier molecular flexibility index (Phi) is 4.17. The normalized spacial score (nSPS) is 14.2. The van der Waals surface area contributed by atoms with Crippen molar-refractivity contribution in [3.05, 3.63) is 36.3 Å². The summed E-state index contributed by atoms with van der Waals surface area (Å²) < 4.78 is 5.36. The summed E-state index contributed by atoms with van der Waals surface area (Å²) in [6, 6.07) is 6.61. The van der Waals surface area contributed by atoms with Crippen LogP contribution in [0.4, 0.5) is 17.5 Å². The van der Waals surface area contributed by atoms with E-state index < -0.39 is 0 Å². The smallest absolute Gasteiger partial charge is 0.226 e. The van der Waals surface area contributed by atoms with Crippen molar-refractivity contribution in [2.75, 3.05) is 36.5 Å². The fourth-order valence-corrected chi connectivity index (χ4v) is 2.69. The molecule has 0 unspecified atom stereocenters. The Morgan fingerprint density at radius 1 is 1.19 bits per heavy atom. The van der Waals surface area contributed by atoms with Gasteiger partial charge in [-0.3, -0.25) is 0 Å².